The summed E-state index contributed by atoms with van der Waals surface area (Å²) in [6, 6.07) is 5.69. The van der Waals surface area contributed by atoms with Gasteiger partial charge in [0.15, 0.2) is 0 Å². The number of quaternary nitrogens is 1. The molecule has 1 aromatic carbocycles. The average molecular weight is 362 g/mol. The van der Waals surface area contributed by atoms with Crippen LogP contribution in [0.2, 0.25) is 0 Å². The van der Waals surface area contributed by atoms with Crippen molar-refractivity contribution in [1.82, 2.24) is 0 Å². The van der Waals surface area contributed by atoms with Gasteiger partial charge in [-0.1, -0.05) is 0 Å². The van der Waals surface area contributed by atoms with Crippen molar-refractivity contribution in [2.24, 2.45) is 0 Å². The Morgan fingerprint density at radius 1 is 1.12 bits per heavy atom. The number of hydrogen-bond acceptors (Lipinski definition) is 2. The van der Waals surface area contributed by atoms with E-state index in [0.29, 0.717) is 5.56 Å². The molecule has 3 rings (SSSR count). The van der Waals surface area contributed by atoms with Crippen molar-refractivity contribution in [3.8, 4) is 0 Å². The molecule has 0 radical (unpaired) electrons. The van der Waals surface area contributed by atoms with Gasteiger partial charge in [0.2, 0.25) is 0 Å². The standard InChI is InChI=1S/C20H25FN2OS/c1-14-15(2)25-20(18(14)13-23-11-5-3-4-6-12-23)22-19(24)16-7-9-17(21)10-8-16/h7-10H,3-6,11-13H2,1-2H3,(H,22,24)/p+1. The van der Waals surface area contributed by atoms with E-state index in [1.165, 1.54) is 79.0 Å². The molecule has 0 bridgehead atoms. The number of carbonyl (C=O) groups is 1. The first-order valence-corrected chi connectivity index (χ1v) is 9.85. The molecule has 0 unspecified atom stereocenters. The highest BCUT2D eigenvalue weighted by Gasteiger charge is 2.21. The molecule has 5 heteroatoms. The lowest BCUT2D eigenvalue weighted by Crippen LogP contribution is -3.10. The summed E-state index contributed by atoms with van der Waals surface area (Å²) in [5.74, 6) is -0.502. The largest absolute Gasteiger partial charge is 0.331 e. The summed E-state index contributed by atoms with van der Waals surface area (Å²) in [5, 5.41) is 4.00. The van der Waals surface area contributed by atoms with Gasteiger partial charge in [-0.05, 0) is 69.4 Å². The van der Waals surface area contributed by atoms with Crippen LogP contribution < -0.4 is 10.2 Å². The van der Waals surface area contributed by atoms with Crippen molar-refractivity contribution in [3.05, 3.63) is 51.7 Å². The summed E-state index contributed by atoms with van der Waals surface area (Å²) in [6.07, 6.45) is 5.24. The zero-order valence-electron chi connectivity index (χ0n) is 15.0. The van der Waals surface area contributed by atoms with E-state index in [-0.39, 0.29) is 11.7 Å². The van der Waals surface area contributed by atoms with E-state index in [1.54, 1.807) is 16.2 Å². The Kier molecular flexibility index (Phi) is 5.86. The van der Waals surface area contributed by atoms with Gasteiger partial charge in [-0.2, -0.15) is 0 Å². The highest BCUT2D eigenvalue weighted by molar-refractivity contribution is 7.16. The quantitative estimate of drug-likeness (QED) is 0.855. The number of thiophene rings is 1. The minimum absolute atomic E-state index is 0.173. The van der Waals surface area contributed by atoms with Crippen molar-refractivity contribution >= 4 is 22.2 Å². The van der Waals surface area contributed by atoms with E-state index in [1.807, 2.05) is 0 Å². The van der Waals surface area contributed by atoms with Gasteiger partial charge < -0.3 is 10.2 Å². The highest BCUT2D eigenvalue weighted by Crippen LogP contribution is 2.32. The number of likely N-dealkylation sites (tertiary alicyclic amines) is 1. The van der Waals surface area contributed by atoms with Crippen LogP contribution in [-0.4, -0.2) is 19.0 Å². The third-order valence-corrected chi connectivity index (χ3v) is 6.25. The van der Waals surface area contributed by atoms with Gasteiger partial charge in [-0.15, -0.1) is 11.3 Å². The van der Waals surface area contributed by atoms with E-state index >= 15 is 0 Å². The van der Waals surface area contributed by atoms with E-state index in [4.69, 9.17) is 0 Å². The topological polar surface area (TPSA) is 33.5 Å². The second-order valence-corrected chi connectivity index (χ2v) is 8.12. The zero-order valence-corrected chi connectivity index (χ0v) is 15.8. The smallest absolute Gasteiger partial charge is 0.256 e. The molecule has 2 heterocycles. The Hall–Kier alpha value is -1.72. The van der Waals surface area contributed by atoms with Crippen LogP contribution in [0.1, 0.15) is 52.0 Å². The number of amides is 1. The normalized spacial score (nSPS) is 15.8. The number of halogens is 1. The van der Waals surface area contributed by atoms with E-state index < -0.39 is 0 Å². The molecule has 25 heavy (non-hydrogen) atoms. The van der Waals surface area contributed by atoms with Crippen LogP contribution in [0.5, 0.6) is 0 Å². The number of aryl methyl sites for hydroxylation is 1. The molecule has 0 spiro atoms. The number of hydrogen-bond donors (Lipinski definition) is 2. The van der Waals surface area contributed by atoms with E-state index in [2.05, 4.69) is 19.2 Å². The second kappa shape index (κ2) is 8.11. The highest BCUT2D eigenvalue weighted by atomic mass is 32.1. The van der Waals surface area contributed by atoms with Crippen LogP contribution in [0.4, 0.5) is 9.39 Å². The SMILES string of the molecule is Cc1sc(NC(=O)c2ccc(F)cc2)c(C[NH+]2CCCCCC2)c1C. The first-order chi connectivity index (χ1) is 12.0. The fourth-order valence-corrected chi connectivity index (χ4v) is 4.49. The number of carbonyl (C=O) groups excluding carboxylic acids is 1. The van der Waals surface area contributed by atoms with Gasteiger partial charge in [0, 0.05) is 16.0 Å². The summed E-state index contributed by atoms with van der Waals surface area (Å²) in [5.41, 5.74) is 3.03. The molecule has 1 saturated heterocycles. The summed E-state index contributed by atoms with van der Waals surface area (Å²) in [7, 11) is 0. The van der Waals surface area contributed by atoms with Gasteiger partial charge >= 0.3 is 0 Å². The van der Waals surface area contributed by atoms with Gasteiger partial charge in [-0.25, -0.2) is 4.39 Å². The molecule has 1 fully saturated rings. The summed E-state index contributed by atoms with van der Waals surface area (Å²) in [6.45, 7) is 7.63. The lowest BCUT2D eigenvalue weighted by atomic mass is 10.1. The van der Waals surface area contributed by atoms with Gasteiger partial charge in [-0.3, -0.25) is 4.79 Å². The van der Waals surface area contributed by atoms with E-state index in [9.17, 15) is 9.18 Å². The minimum atomic E-state index is -0.329. The molecule has 1 aromatic heterocycles. The van der Waals surface area contributed by atoms with Crippen molar-refractivity contribution in [1.29, 1.82) is 0 Å². The molecular weight excluding hydrogens is 335 g/mol. The first kappa shape index (κ1) is 18.1. The van der Waals surface area contributed by atoms with E-state index in [0.717, 1.165) is 11.5 Å². The molecule has 2 N–H and O–H groups in total. The Labute approximate surface area is 152 Å². The monoisotopic (exact) mass is 361 g/mol. The molecule has 2 aromatic rings. The Bertz CT molecular complexity index is 731. The number of rotatable bonds is 4. The molecule has 0 saturated carbocycles. The first-order valence-electron chi connectivity index (χ1n) is 9.04. The Balaban J connectivity index is 1.77. The minimum Gasteiger partial charge on any atom is -0.331 e. The molecule has 134 valence electrons. The van der Waals surface area contributed by atoms with Crippen molar-refractivity contribution < 1.29 is 14.1 Å². The Morgan fingerprint density at radius 3 is 2.40 bits per heavy atom. The predicted octanol–water partition coefficient (Wildman–Crippen LogP) is 3.72. The molecule has 1 amide bonds. The molecule has 0 atom stereocenters. The molecular formula is C20H26FN2OS+. The van der Waals surface area contributed by atoms with Gasteiger partial charge in [0.05, 0.1) is 13.1 Å². The third-order valence-electron chi connectivity index (χ3n) is 5.08. The second-order valence-electron chi connectivity index (χ2n) is 6.89. The summed E-state index contributed by atoms with van der Waals surface area (Å²) in [4.78, 5) is 15.4. The molecule has 3 nitrogen and oxygen atoms in total. The van der Waals surface area contributed by atoms with Crippen LogP contribution in [0.25, 0.3) is 0 Å². The van der Waals surface area contributed by atoms with Crippen molar-refractivity contribution in [2.45, 2.75) is 46.1 Å². The lowest BCUT2D eigenvalue weighted by Gasteiger charge is -2.18. The van der Waals surface area contributed by atoms with Crippen LogP contribution in [0, 0.1) is 19.7 Å². The summed E-state index contributed by atoms with van der Waals surface area (Å²) >= 11 is 1.64. The fraction of sp³-hybridized carbons (Fsp3) is 0.450. The Morgan fingerprint density at radius 2 is 1.76 bits per heavy atom. The zero-order chi connectivity index (χ0) is 17.8. The predicted molar refractivity (Wildman–Crippen MR) is 101 cm³/mol. The summed E-state index contributed by atoms with van der Waals surface area (Å²) < 4.78 is 13.1. The molecule has 0 aliphatic carbocycles. The van der Waals surface area contributed by atoms with Gasteiger partial charge in [0.1, 0.15) is 17.4 Å². The van der Waals surface area contributed by atoms with Crippen LogP contribution in [-0.2, 0) is 6.54 Å². The number of nitrogens with one attached hydrogen (secondary N) is 2. The molecule has 1 aliphatic heterocycles. The van der Waals surface area contributed by atoms with Crippen molar-refractivity contribution in [2.75, 3.05) is 18.4 Å². The lowest BCUT2D eigenvalue weighted by molar-refractivity contribution is -0.913. The van der Waals surface area contributed by atoms with Gasteiger partial charge in [0.25, 0.3) is 5.91 Å². The molecule has 1 aliphatic rings. The maximum Gasteiger partial charge on any atom is 0.256 e. The number of benzene rings is 1. The maximum atomic E-state index is 13.1. The van der Waals surface area contributed by atoms with Crippen molar-refractivity contribution in [3.63, 3.8) is 0 Å². The number of anilines is 1. The van der Waals surface area contributed by atoms with Crippen LogP contribution >= 0.6 is 11.3 Å². The van der Waals surface area contributed by atoms with Crippen LogP contribution in [0.3, 0.4) is 0 Å². The third kappa shape index (κ3) is 4.47. The van der Waals surface area contributed by atoms with Crippen LogP contribution in [0.15, 0.2) is 24.3 Å². The average Bonchev–Trinajstić information content (AvgIpc) is 2.79. The maximum absolute atomic E-state index is 13.1. The fourth-order valence-electron chi connectivity index (χ4n) is 3.42.